The van der Waals surface area contributed by atoms with Gasteiger partial charge in [-0.2, -0.15) is 4.31 Å². The second-order valence-corrected chi connectivity index (χ2v) is 8.02. The van der Waals surface area contributed by atoms with Gasteiger partial charge in [0.05, 0.1) is 17.6 Å². The molecule has 8 heteroatoms. The van der Waals surface area contributed by atoms with Crippen molar-refractivity contribution in [1.82, 2.24) is 4.31 Å². The van der Waals surface area contributed by atoms with Gasteiger partial charge in [-0.25, -0.2) is 22.0 Å². The number of nitrogens with zero attached hydrogens (tertiary/aromatic N) is 1. The van der Waals surface area contributed by atoms with Crippen LogP contribution in [0.1, 0.15) is 29.6 Å². The van der Waals surface area contributed by atoms with E-state index >= 15 is 0 Å². The molecule has 1 aromatic rings. The normalized spacial score (nSPS) is 22.7. The zero-order valence-corrected chi connectivity index (χ0v) is 13.4. The SMILES string of the molecule is COC(=O)c1ccc(S(=O)(=O)N2CCC3(CC2)CC3(F)F)cc1. The number of hydrogen-bond acceptors (Lipinski definition) is 4. The van der Waals surface area contributed by atoms with E-state index in [9.17, 15) is 22.0 Å². The number of sulfonamides is 1. The van der Waals surface area contributed by atoms with Crippen LogP contribution in [0.2, 0.25) is 0 Å². The highest BCUT2D eigenvalue weighted by molar-refractivity contribution is 7.89. The number of benzene rings is 1. The second-order valence-electron chi connectivity index (χ2n) is 6.08. The van der Waals surface area contributed by atoms with Crippen LogP contribution in [0.25, 0.3) is 0 Å². The Morgan fingerprint density at radius 2 is 1.70 bits per heavy atom. The summed E-state index contributed by atoms with van der Waals surface area (Å²) in [6, 6.07) is 5.41. The Morgan fingerprint density at radius 3 is 2.13 bits per heavy atom. The molecule has 0 radical (unpaired) electrons. The van der Waals surface area contributed by atoms with Gasteiger partial charge in [0.2, 0.25) is 10.0 Å². The second kappa shape index (κ2) is 5.24. The van der Waals surface area contributed by atoms with E-state index in [1.165, 1.54) is 35.7 Å². The van der Waals surface area contributed by atoms with E-state index in [1.54, 1.807) is 0 Å². The molecule has 3 rings (SSSR count). The van der Waals surface area contributed by atoms with Crippen molar-refractivity contribution in [3.8, 4) is 0 Å². The van der Waals surface area contributed by atoms with E-state index in [2.05, 4.69) is 4.74 Å². The van der Waals surface area contributed by atoms with E-state index in [0.29, 0.717) is 0 Å². The number of ether oxygens (including phenoxy) is 1. The van der Waals surface area contributed by atoms with Crippen molar-refractivity contribution >= 4 is 16.0 Å². The van der Waals surface area contributed by atoms with Crippen LogP contribution in [0.3, 0.4) is 0 Å². The molecule has 1 aliphatic heterocycles. The molecule has 0 aromatic heterocycles. The van der Waals surface area contributed by atoms with Gasteiger partial charge in [-0.05, 0) is 37.1 Å². The third kappa shape index (κ3) is 2.63. The molecule has 0 bridgehead atoms. The van der Waals surface area contributed by atoms with Gasteiger partial charge >= 0.3 is 5.97 Å². The summed E-state index contributed by atoms with van der Waals surface area (Å²) < 4.78 is 57.6. The lowest BCUT2D eigenvalue weighted by Crippen LogP contribution is -2.40. The first-order valence-electron chi connectivity index (χ1n) is 7.28. The van der Waals surface area contributed by atoms with Crippen LogP contribution in [-0.2, 0) is 14.8 Å². The molecular weight excluding hydrogens is 328 g/mol. The van der Waals surface area contributed by atoms with E-state index in [-0.39, 0.29) is 42.8 Å². The number of hydrogen-bond donors (Lipinski definition) is 0. The fourth-order valence-corrected chi connectivity index (χ4v) is 4.55. The quantitative estimate of drug-likeness (QED) is 0.789. The lowest BCUT2D eigenvalue weighted by molar-refractivity contribution is 0.0426. The molecule has 2 fully saturated rings. The van der Waals surface area contributed by atoms with Crippen molar-refractivity contribution in [2.75, 3.05) is 20.2 Å². The van der Waals surface area contributed by atoms with Crippen LogP contribution in [-0.4, -0.2) is 44.8 Å². The van der Waals surface area contributed by atoms with E-state index in [4.69, 9.17) is 0 Å². The van der Waals surface area contributed by atoms with E-state index < -0.39 is 27.3 Å². The first-order valence-corrected chi connectivity index (χ1v) is 8.72. The summed E-state index contributed by atoms with van der Waals surface area (Å²) in [5.41, 5.74) is -0.741. The number of alkyl halides is 2. The van der Waals surface area contributed by atoms with Crippen LogP contribution in [0.5, 0.6) is 0 Å². The molecule has 126 valence electrons. The minimum Gasteiger partial charge on any atom is -0.465 e. The van der Waals surface area contributed by atoms with Crippen LogP contribution in [0, 0.1) is 5.41 Å². The highest BCUT2D eigenvalue weighted by atomic mass is 32.2. The molecule has 1 saturated carbocycles. The molecular formula is C15H17F2NO4S. The molecule has 0 unspecified atom stereocenters. The molecule has 0 amide bonds. The first-order chi connectivity index (χ1) is 10.7. The highest BCUT2D eigenvalue weighted by Crippen LogP contribution is 2.66. The Bertz CT molecular complexity index is 722. The fraction of sp³-hybridized carbons (Fsp3) is 0.533. The van der Waals surface area contributed by atoms with Gasteiger partial charge in [-0.3, -0.25) is 0 Å². The van der Waals surface area contributed by atoms with Crippen molar-refractivity contribution in [2.24, 2.45) is 5.41 Å². The maximum absolute atomic E-state index is 13.4. The summed E-state index contributed by atoms with van der Waals surface area (Å²) in [7, 11) is -2.49. The molecule has 1 aromatic carbocycles. The molecule has 1 aliphatic carbocycles. The Kier molecular flexibility index (Phi) is 3.72. The van der Waals surface area contributed by atoms with Gasteiger partial charge in [0, 0.05) is 24.9 Å². The largest absolute Gasteiger partial charge is 0.465 e. The zero-order valence-electron chi connectivity index (χ0n) is 12.6. The molecule has 5 nitrogen and oxygen atoms in total. The van der Waals surface area contributed by atoms with Gasteiger partial charge in [0.25, 0.3) is 5.92 Å². The standard InChI is InChI=1S/C15H17F2NO4S/c1-22-13(19)11-2-4-12(5-3-11)23(20,21)18-8-6-14(7-9-18)10-15(14,16)17/h2-5H,6-10H2,1H3. The third-order valence-corrected chi connectivity index (χ3v) is 6.72. The van der Waals surface area contributed by atoms with E-state index in [0.717, 1.165) is 0 Å². The summed E-state index contributed by atoms with van der Waals surface area (Å²) >= 11 is 0. The Labute approximate surface area is 133 Å². The fourth-order valence-electron chi connectivity index (χ4n) is 3.11. The third-order valence-electron chi connectivity index (χ3n) is 4.80. The predicted octanol–water partition coefficient (Wildman–Crippen LogP) is 2.28. The molecule has 0 atom stereocenters. The average molecular weight is 345 g/mol. The minimum atomic E-state index is -3.73. The number of carbonyl (C=O) groups excluding carboxylic acids is 1. The Hall–Kier alpha value is -1.54. The van der Waals surface area contributed by atoms with Crippen LogP contribution in [0.15, 0.2) is 29.2 Å². The van der Waals surface area contributed by atoms with E-state index in [1.807, 2.05) is 0 Å². The van der Waals surface area contributed by atoms with Crippen molar-refractivity contribution in [3.63, 3.8) is 0 Å². The monoisotopic (exact) mass is 345 g/mol. The number of halogens is 2. The number of carbonyl (C=O) groups is 1. The molecule has 23 heavy (non-hydrogen) atoms. The van der Waals surface area contributed by atoms with Crippen molar-refractivity contribution in [2.45, 2.75) is 30.1 Å². The average Bonchev–Trinajstić information content (AvgIpc) is 3.06. The molecule has 1 heterocycles. The molecule has 1 spiro atoms. The number of rotatable bonds is 3. The first kappa shape index (κ1) is 16.3. The van der Waals surface area contributed by atoms with Gasteiger partial charge in [0.1, 0.15) is 0 Å². The summed E-state index contributed by atoms with van der Waals surface area (Å²) in [6.07, 6.45) is 0.223. The molecule has 2 aliphatic rings. The lowest BCUT2D eigenvalue weighted by atomic mass is 9.94. The number of esters is 1. The number of piperidine rings is 1. The van der Waals surface area contributed by atoms with Crippen LogP contribution < -0.4 is 0 Å². The van der Waals surface area contributed by atoms with Crippen LogP contribution >= 0.6 is 0 Å². The maximum Gasteiger partial charge on any atom is 0.337 e. The summed E-state index contributed by atoms with van der Waals surface area (Å²) in [5, 5.41) is 0. The predicted molar refractivity (Wildman–Crippen MR) is 77.8 cm³/mol. The topological polar surface area (TPSA) is 63.7 Å². The van der Waals surface area contributed by atoms with Gasteiger partial charge in [0.15, 0.2) is 0 Å². The Morgan fingerprint density at radius 1 is 1.17 bits per heavy atom. The number of methoxy groups -OCH3 is 1. The summed E-state index contributed by atoms with van der Waals surface area (Å²) in [5.74, 6) is -3.20. The van der Waals surface area contributed by atoms with Gasteiger partial charge < -0.3 is 4.74 Å². The minimum absolute atomic E-state index is 0.0451. The lowest BCUT2D eigenvalue weighted by Gasteiger charge is -2.31. The van der Waals surface area contributed by atoms with Crippen LogP contribution in [0.4, 0.5) is 8.78 Å². The molecule has 0 N–H and O–H groups in total. The zero-order chi connectivity index (χ0) is 16.9. The van der Waals surface area contributed by atoms with Gasteiger partial charge in [-0.15, -0.1) is 0 Å². The van der Waals surface area contributed by atoms with Gasteiger partial charge in [-0.1, -0.05) is 0 Å². The highest BCUT2D eigenvalue weighted by Gasteiger charge is 2.70. The van der Waals surface area contributed by atoms with Crippen molar-refractivity contribution < 1.29 is 26.7 Å². The summed E-state index contributed by atoms with van der Waals surface area (Å²) in [4.78, 5) is 11.4. The smallest absolute Gasteiger partial charge is 0.337 e. The maximum atomic E-state index is 13.4. The van der Waals surface area contributed by atoms with Crippen molar-refractivity contribution in [1.29, 1.82) is 0 Å². The molecule has 1 saturated heterocycles. The summed E-state index contributed by atoms with van der Waals surface area (Å²) in [6.45, 7) is 0.188. The van der Waals surface area contributed by atoms with Crippen molar-refractivity contribution in [3.05, 3.63) is 29.8 Å². The Balaban J connectivity index is 1.74.